The van der Waals surface area contributed by atoms with Crippen LogP contribution in [0.25, 0.3) is 4.85 Å². The van der Waals surface area contributed by atoms with Crippen molar-refractivity contribution in [3.63, 3.8) is 0 Å². The second-order valence-corrected chi connectivity index (χ2v) is 41.1. The van der Waals surface area contributed by atoms with Crippen molar-refractivity contribution < 1.29 is 34.8 Å². The molecule has 15 heteroatoms. The first kappa shape index (κ1) is 69.5. The molecule has 3 aromatic heterocycles. The molecular weight excluding hydrogens is 1260 g/mol. The fourth-order valence-electron chi connectivity index (χ4n) is 29.6. The highest BCUT2D eigenvalue weighted by molar-refractivity contribution is 5.84. The number of Topliss-reactive ketones (excluding diaryl/α,β-unsaturated/α-hetero) is 3. The lowest BCUT2D eigenvalue weighted by molar-refractivity contribution is -0.137. The van der Waals surface area contributed by atoms with Gasteiger partial charge < -0.3 is 25.3 Å². The van der Waals surface area contributed by atoms with E-state index in [4.69, 9.17) is 6.57 Å². The highest BCUT2D eigenvalue weighted by Crippen LogP contribution is 2.78. The number of hydrogen-bond donors (Lipinski definition) is 4. The van der Waals surface area contributed by atoms with Crippen LogP contribution >= 0.6 is 0 Å². The fourth-order valence-corrected chi connectivity index (χ4v) is 29.6. The normalized spacial score (nSPS) is 48.4. The Labute approximate surface area is 602 Å². The summed E-state index contributed by atoms with van der Waals surface area (Å²) in [6.07, 6.45) is 41.2. The van der Waals surface area contributed by atoms with Crippen molar-refractivity contribution in [2.45, 2.75) is 289 Å². The van der Waals surface area contributed by atoms with Crippen LogP contribution in [0.5, 0.6) is 0 Å². The molecule has 0 saturated heterocycles. The summed E-state index contributed by atoms with van der Waals surface area (Å²) in [7, 11) is 0. The molecule has 19 rings (SSSR count). The summed E-state index contributed by atoms with van der Waals surface area (Å²) in [6, 6.07) is 2.45. The predicted octanol–water partition coefficient (Wildman–Crippen LogP) is 14.9. The number of carbonyl (C=O) groups is 3. The lowest BCUT2D eigenvalue weighted by Gasteiger charge is -2.57. The van der Waals surface area contributed by atoms with E-state index in [-0.39, 0.29) is 39.4 Å². The maximum absolute atomic E-state index is 13.8. The zero-order chi connectivity index (χ0) is 70.8. The average molecular weight is 1380 g/mol. The Morgan fingerprint density at radius 2 is 0.802 bits per heavy atom. The maximum atomic E-state index is 13.8. The van der Waals surface area contributed by atoms with E-state index < -0.39 is 27.9 Å². The van der Waals surface area contributed by atoms with Crippen LogP contribution in [0, 0.1) is 176 Å². The van der Waals surface area contributed by atoms with Crippen molar-refractivity contribution in [3.8, 4) is 6.07 Å². The molecule has 0 aromatic carbocycles. The zero-order valence-corrected chi connectivity index (χ0v) is 62.9. The van der Waals surface area contributed by atoms with Gasteiger partial charge in [-0.15, -0.1) is 0 Å². The molecule has 16 saturated carbocycles. The summed E-state index contributed by atoms with van der Waals surface area (Å²) < 4.78 is 5.34. The fraction of sp³-hybridized carbons (Fsp3) is 0.837. The van der Waals surface area contributed by atoms with Crippen molar-refractivity contribution in [3.05, 3.63) is 65.3 Å². The van der Waals surface area contributed by atoms with Gasteiger partial charge in [-0.05, 0) is 342 Å². The van der Waals surface area contributed by atoms with E-state index in [1.807, 2.05) is 64.1 Å². The number of fused-ring (bicyclic) bond motifs is 21. The minimum atomic E-state index is -0.933. The van der Waals surface area contributed by atoms with Gasteiger partial charge in [0.25, 0.3) is 5.54 Å². The van der Waals surface area contributed by atoms with Crippen LogP contribution in [0.4, 0.5) is 0 Å². The number of nitrogens with zero attached hydrogens (tertiary/aromatic N) is 8. The van der Waals surface area contributed by atoms with E-state index in [2.05, 4.69) is 47.0 Å². The van der Waals surface area contributed by atoms with Crippen molar-refractivity contribution in [2.75, 3.05) is 0 Å². The molecule has 3 aromatic rings. The van der Waals surface area contributed by atoms with Crippen LogP contribution < -0.4 is 0 Å². The predicted molar refractivity (Wildman–Crippen MR) is 384 cm³/mol. The van der Waals surface area contributed by atoms with E-state index in [1.165, 1.54) is 116 Å². The van der Waals surface area contributed by atoms with E-state index in [0.717, 1.165) is 145 Å². The second kappa shape index (κ2) is 24.0. The number of ketones is 3. The molecule has 30 atom stereocenters. The van der Waals surface area contributed by atoms with Gasteiger partial charge in [-0.2, -0.15) is 20.6 Å². The number of carbonyl (C=O) groups excluding carboxylic acids is 3. The summed E-state index contributed by atoms with van der Waals surface area (Å²) in [5, 5.41) is 65.1. The smallest absolute Gasteiger partial charge is 0.255 e. The van der Waals surface area contributed by atoms with Gasteiger partial charge in [0.1, 0.15) is 0 Å². The molecule has 4 N–H and O–H groups in total. The first-order valence-electron chi connectivity index (χ1n) is 41.1. The van der Waals surface area contributed by atoms with Gasteiger partial charge in [0, 0.05) is 61.3 Å². The van der Waals surface area contributed by atoms with Crippen LogP contribution in [0.3, 0.4) is 0 Å². The van der Waals surface area contributed by atoms with E-state index in [9.17, 15) is 40.1 Å². The van der Waals surface area contributed by atoms with Crippen LogP contribution in [0.1, 0.15) is 253 Å². The van der Waals surface area contributed by atoms with Crippen LogP contribution in [-0.4, -0.2) is 83.9 Å². The molecule has 16 fully saturated rings. The van der Waals surface area contributed by atoms with Gasteiger partial charge in [0.05, 0.1) is 77.7 Å². The molecule has 0 aliphatic heterocycles. The summed E-state index contributed by atoms with van der Waals surface area (Å²) in [6.45, 7) is 29.3. The highest BCUT2D eigenvalue weighted by Gasteiger charge is 2.74. The molecule has 15 nitrogen and oxygen atoms in total. The molecule has 3 heterocycles. The molecule has 548 valence electrons. The van der Waals surface area contributed by atoms with Crippen molar-refractivity contribution in [1.82, 2.24) is 29.3 Å². The Balaban J connectivity index is 0.000000113. The molecule has 0 spiro atoms. The quantitative estimate of drug-likeness (QED) is 0.125. The lowest BCUT2D eigenvalue weighted by Crippen LogP contribution is -2.52. The highest BCUT2D eigenvalue weighted by atomic mass is 16.3. The zero-order valence-electron chi connectivity index (χ0n) is 62.9. The third kappa shape index (κ3) is 11.7. The third-order valence-corrected chi connectivity index (χ3v) is 34.2. The molecule has 0 unspecified atom stereocenters. The second-order valence-electron chi connectivity index (χ2n) is 41.1. The summed E-state index contributed by atoms with van der Waals surface area (Å²) in [5.41, 5.74) is -0.159. The number of aromatic nitrogens is 6. The minimum Gasteiger partial charge on any atom is -0.390 e. The monoisotopic (exact) mass is 1380 g/mol. The van der Waals surface area contributed by atoms with Crippen molar-refractivity contribution >= 4 is 17.3 Å². The van der Waals surface area contributed by atoms with Gasteiger partial charge >= 0.3 is 0 Å². The SMILES string of the molecule is CC(C)(O)c1cnn(CC(=O)[C@H]2[C@H]3C[C@H]3[C@H]3[C@@H]4CC[C@@H]5C[C@](C)(O)CC[C@@H]5[C@H]4CC[C@@]32C)c1.C[C@@]1(O)CC[C@H]2[C@H](CC[C@@H]3[C@@H]2CC[C@@]2(C)[C@H]3[C@@H]3C[C@@H]3[C@@H]2C(=O)Cn2cc(C3(C#N)CC3)cn2)C1.[C-]#[N+]C(C)(C)c1cnn(CC(=O)[C@H]2[C@H]3C[C@H]3[C@H]3[C@@H]4CC[C@@H]5C[C@](C)(O)CC[C@@H]5[C@H]4CC[C@@]32C)c1. The molecule has 101 heavy (non-hydrogen) atoms. The topological polar surface area (TPSA) is 214 Å². The van der Waals surface area contributed by atoms with E-state index in [1.54, 1.807) is 35.6 Å². The molecule has 16 aliphatic carbocycles. The van der Waals surface area contributed by atoms with Gasteiger partial charge in [-0.3, -0.25) is 28.4 Å². The van der Waals surface area contributed by atoms with Gasteiger partial charge in [0.2, 0.25) is 0 Å². The van der Waals surface area contributed by atoms with Crippen LogP contribution in [-0.2, 0) is 50.6 Å². The van der Waals surface area contributed by atoms with Crippen molar-refractivity contribution in [1.29, 1.82) is 5.26 Å². The van der Waals surface area contributed by atoms with Crippen LogP contribution in [0.2, 0.25) is 0 Å². The van der Waals surface area contributed by atoms with Gasteiger partial charge in [-0.1, -0.05) is 20.8 Å². The summed E-state index contributed by atoms with van der Waals surface area (Å²) >= 11 is 0. The van der Waals surface area contributed by atoms with Gasteiger partial charge in [-0.25, -0.2) is 6.57 Å². The Kier molecular flexibility index (Phi) is 16.5. The molecular formula is C86H122N8O7. The molecule has 0 amide bonds. The van der Waals surface area contributed by atoms with Gasteiger partial charge in [0.15, 0.2) is 17.3 Å². The number of aliphatic hydroxyl groups is 4. The first-order chi connectivity index (χ1) is 47.8. The third-order valence-electron chi connectivity index (χ3n) is 34.2. The maximum Gasteiger partial charge on any atom is 0.255 e. The Hall–Kier alpha value is -4.54. The Morgan fingerprint density at radius 1 is 0.465 bits per heavy atom. The Morgan fingerprint density at radius 3 is 1.14 bits per heavy atom. The molecule has 16 aliphatic rings. The number of hydrogen-bond acceptors (Lipinski definition) is 11. The number of nitriles is 1. The molecule has 0 radical (unpaired) electrons. The lowest BCUT2D eigenvalue weighted by atomic mass is 9.48. The van der Waals surface area contributed by atoms with Crippen molar-refractivity contribution in [2.24, 2.45) is 158 Å². The summed E-state index contributed by atoms with van der Waals surface area (Å²) in [4.78, 5) is 44.9. The minimum absolute atomic E-state index is 0.143. The largest absolute Gasteiger partial charge is 0.390 e. The standard InChI is InChI=1S/C29H39N3O2.C29H41N3O2.C28H42N2O3/c1-27(34)7-5-19-17(12-27)3-4-21-20(19)6-8-28(2)25(21)22-11-23(22)26(28)24(33)15-32-14-18(13-31-32)29(16-30)9-10-29;1-27(2,30-5)18-14-31-32(15-18)16-24(33)26-23-12-22(23)25-21-7-6-17-13-28(3,34)10-8-19(17)20(21)9-11-29(25,26)4;1-26(2,32)17-13-29-30(14-17)15-23(31)25-22-11-21(22)24-20-6-5-16-12-27(3,33)9-7-18(16)19(20)8-10-28(24,25)4/h13-14,17,19-23,25-26,34H,3-12,15H2,1-2H3;14-15,17,19-23,25-26,34H,6-13,16H2,1-4H3;13-14,16,18-22,24-25,32-33H,5-12,15H2,1-4H3/t17-,19+,20-,21-,22-,23+,25-,26-,27-,28+;17-,19+,20-,21-,22-,23+,25-,26-,28-,29+;16-,18+,19-,20-,21-,22+,24-,25-,27-,28+/m111/s1. The molecule has 0 bridgehead atoms. The van der Waals surface area contributed by atoms with E-state index >= 15 is 0 Å². The first-order valence-corrected chi connectivity index (χ1v) is 41.1. The average Bonchev–Trinajstić information content (AvgIpc) is 1.54. The number of rotatable bonds is 12. The van der Waals surface area contributed by atoms with Crippen LogP contribution in [0.15, 0.2) is 37.2 Å². The Bertz CT molecular complexity index is 3660. The summed E-state index contributed by atoms with van der Waals surface area (Å²) in [5.74, 6) is 17.1. The van der Waals surface area contributed by atoms with E-state index in [0.29, 0.717) is 84.3 Å².